The first-order valence-corrected chi connectivity index (χ1v) is 8.08. The van der Waals surface area contributed by atoms with Crippen LogP contribution in [0, 0.1) is 10.1 Å². The molecule has 0 fully saturated rings. The van der Waals surface area contributed by atoms with Crippen LogP contribution in [0.15, 0.2) is 36.4 Å². The summed E-state index contributed by atoms with van der Waals surface area (Å²) in [7, 11) is 1.47. The number of nitrogens with one attached hydrogen (secondary N) is 1. The van der Waals surface area contributed by atoms with E-state index in [2.05, 4.69) is 9.97 Å². The van der Waals surface area contributed by atoms with Crippen molar-refractivity contribution in [3.63, 3.8) is 0 Å². The van der Waals surface area contributed by atoms with E-state index in [0.717, 1.165) is 23.9 Å². The number of ether oxygens (including phenoxy) is 2. The molecule has 3 rings (SSSR count). The predicted molar refractivity (Wildman–Crippen MR) is 95.1 cm³/mol. The lowest BCUT2D eigenvalue weighted by molar-refractivity contribution is -0.385. The number of nitro benzene ring substituents is 1. The molecule has 25 heavy (non-hydrogen) atoms. The SMILES string of the molecule is CCCCOc1c(OC)cc(-c2nc3ccccc3[nH]2)cc1[N+](=O)[O-]. The Kier molecular flexibility index (Phi) is 4.83. The van der Waals surface area contributed by atoms with Gasteiger partial charge in [-0.3, -0.25) is 10.1 Å². The first-order valence-electron chi connectivity index (χ1n) is 8.08. The quantitative estimate of drug-likeness (QED) is 0.392. The molecule has 0 saturated heterocycles. The number of hydrogen-bond donors (Lipinski definition) is 1. The highest BCUT2D eigenvalue weighted by Crippen LogP contribution is 2.41. The van der Waals surface area contributed by atoms with Gasteiger partial charge in [0, 0.05) is 11.6 Å². The van der Waals surface area contributed by atoms with Gasteiger partial charge in [0.1, 0.15) is 5.82 Å². The molecule has 0 radical (unpaired) electrons. The average Bonchev–Trinajstić information content (AvgIpc) is 3.05. The molecule has 1 heterocycles. The third-order valence-electron chi connectivity index (χ3n) is 3.86. The van der Waals surface area contributed by atoms with Crippen LogP contribution in [0.4, 0.5) is 5.69 Å². The number of fused-ring (bicyclic) bond motifs is 1. The number of nitro groups is 1. The molecule has 0 saturated carbocycles. The van der Waals surface area contributed by atoms with E-state index < -0.39 is 4.92 Å². The van der Waals surface area contributed by atoms with Crippen LogP contribution in [0.5, 0.6) is 11.5 Å². The van der Waals surface area contributed by atoms with Gasteiger partial charge in [-0.2, -0.15) is 0 Å². The second kappa shape index (κ2) is 7.21. The number of methoxy groups -OCH3 is 1. The molecule has 1 aromatic heterocycles. The Morgan fingerprint density at radius 2 is 2.08 bits per heavy atom. The first kappa shape index (κ1) is 16.8. The zero-order valence-corrected chi connectivity index (χ0v) is 14.1. The van der Waals surface area contributed by atoms with Gasteiger partial charge in [-0.05, 0) is 24.6 Å². The van der Waals surface area contributed by atoms with Crippen molar-refractivity contribution in [3.8, 4) is 22.9 Å². The summed E-state index contributed by atoms with van der Waals surface area (Å²) < 4.78 is 10.9. The van der Waals surface area contributed by atoms with Crippen LogP contribution >= 0.6 is 0 Å². The molecule has 130 valence electrons. The summed E-state index contributed by atoms with van der Waals surface area (Å²) in [6.07, 6.45) is 1.75. The summed E-state index contributed by atoms with van der Waals surface area (Å²) >= 11 is 0. The molecule has 7 heteroatoms. The van der Waals surface area contributed by atoms with Crippen molar-refractivity contribution in [2.24, 2.45) is 0 Å². The molecule has 0 unspecified atom stereocenters. The van der Waals surface area contributed by atoms with Crippen molar-refractivity contribution in [2.75, 3.05) is 13.7 Å². The maximum atomic E-state index is 11.5. The number of hydrogen-bond acceptors (Lipinski definition) is 5. The predicted octanol–water partition coefficient (Wildman–Crippen LogP) is 4.33. The van der Waals surface area contributed by atoms with E-state index in [4.69, 9.17) is 9.47 Å². The van der Waals surface area contributed by atoms with Gasteiger partial charge >= 0.3 is 5.69 Å². The van der Waals surface area contributed by atoms with Gasteiger partial charge in [0.2, 0.25) is 5.75 Å². The molecule has 0 bridgehead atoms. The number of rotatable bonds is 7. The van der Waals surface area contributed by atoms with Crippen molar-refractivity contribution in [2.45, 2.75) is 19.8 Å². The number of benzene rings is 2. The van der Waals surface area contributed by atoms with E-state index in [1.807, 2.05) is 31.2 Å². The van der Waals surface area contributed by atoms with Gasteiger partial charge in [0.15, 0.2) is 5.75 Å². The number of unbranched alkanes of at least 4 members (excludes halogenated alkanes) is 1. The summed E-state index contributed by atoms with van der Waals surface area (Å²) in [6.45, 7) is 2.43. The maximum absolute atomic E-state index is 11.5. The lowest BCUT2D eigenvalue weighted by atomic mass is 10.1. The van der Waals surface area contributed by atoms with Gasteiger partial charge in [-0.1, -0.05) is 25.5 Å². The number of para-hydroxylation sites is 2. The van der Waals surface area contributed by atoms with Crippen molar-refractivity contribution >= 4 is 16.7 Å². The fourth-order valence-corrected chi connectivity index (χ4v) is 2.56. The van der Waals surface area contributed by atoms with E-state index in [0.29, 0.717) is 23.7 Å². The zero-order valence-electron chi connectivity index (χ0n) is 14.1. The van der Waals surface area contributed by atoms with Crippen molar-refractivity contribution in [3.05, 3.63) is 46.5 Å². The zero-order chi connectivity index (χ0) is 17.8. The molecular formula is C18H19N3O4. The molecule has 0 aliphatic carbocycles. The Morgan fingerprint density at radius 1 is 1.28 bits per heavy atom. The largest absolute Gasteiger partial charge is 0.493 e. The lowest BCUT2D eigenvalue weighted by Gasteiger charge is -2.12. The number of aromatic nitrogens is 2. The fourth-order valence-electron chi connectivity index (χ4n) is 2.56. The van der Waals surface area contributed by atoms with Crippen LogP contribution in [0.1, 0.15) is 19.8 Å². The Bertz CT molecular complexity index is 871. The summed E-state index contributed by atoms with van der Waals surface area (Å²) in [5, 5.41) is 11.5. The molecule has 2 aromatic carbocycles. The van der Waals surface area contributed by atoms with Crippen LogP contribution in [-0.2, 0) is 0 Å². The molecule has 3 aromatic rings. The Labute approximate surface area is 144 Å². The van der Waals surface area contributed by atoms with Crippen LogP contribution in [-0.4, -0.2) is 28.6 Å². The molecule has 0 atom stereocenters. The summed E-state index contributed by atoms with van der Waals surface area (Å²) in [5.74, 6) is 1.02. The number of nitrogens with zero attached hydrogens (tertiary/aromatic N) is 2. The molecule has 0 spiro atoms. The standard InChI is InChI=1S/C18H19N3O4/c1-3-4-9-25-17-15(21(22)23)10-12(11-16(17)24-2)18-19-13-7-5-6-8-14(13)20-18/h5-8,10-11H,3-4,9H2,1-2H3,(H,19,20). The number of aromatic amines is 1. The van der Waals surface area contributed by atoms with Crippen LogP contribution in [0.3, 0.4) is 0 Å². The molecular weight excluding hydrogens is 322 g/mol. The minimum atomic E-state index is -0.462. The van der Waals surface area contributed by atoms with Gasteiger partial charge in [-0.25, -0.2) is 4.98 Å². The van der Waals surface area contributed by atoms with Gasteiger partial charge in [-0.15, -0.1) is 0 Å². The normalized spacial score (nSPS) is 10.8. The highest BCUT2D eigenvalue weighted by molar-refractivity contribution is 5.80. The minimum absolute atomic E-state index is 0.133. The Hall–Kier alpha value is -3.09. The smallest absolute Gasteiger partial charge is 0.315 e. The van der Waals surface area contributed by atoms with Crippen molar-refractivity contribution < 1.29 is 14.4 Å². The third kappa shape index (κ3) is 3.40. The van der Waals surface area contributed by atoms with Gasteiger partial charge in [0.05, 0.1) is 29.7 Å². The van der Waals surface area contributed by atoms with Crippen LogP contribution in [0.25, 0.3) is 22.4 Å². The molecule has 0 aliphatic rings. The number of imidazole rings is 1. The second-order valence-electron chi connectivity index (χ2n) is 5.59. The van der Waals surface area contributed by atoms with Crippen LogP contribution < -0.4 is 9.47 Å². The average molecular weight is 341 g/mol. The lowest BCUT2D eigenvalue weighted by Crippen LogP contribution is -2.03. The minimum Gasteiger partial charge on any atom is -0.493 e. The maximum Gasteiger partial charge on any atom is 0.315 e. The summed E-state index contributed by atoms with van der Waals surface area (Å²) in [6, 6.07) is 10.7. The molecule has 7 nitrogen and oxygen atoms in total. The summed E-state index contributed by atoms with van der Waals surface area (Å²) in [4.78, 5) is 18.7. The monoisotopic (exact) mass is 341 g/mol. The van der Waals surface area contributed by atoms with Gasteiger partial charge in [0.25, 0.3) is 0 Å². The van der Waals surface area contributed by atoms with Crippen molar-refractivity contribution in [1.29, 1.82) is 0 Å². The van der Waals surface area contributed by atoms with E-state index >= 15 is 0 Å². The molecule has 0 amide bonds. The summed E-state index contributed by atoms with van der Waals surface area (Å²) in [5.41, 5.74) is 2.10. The highest BCUT2D eigenvalue weighted by Gasteiger charge is 2.23. The van der Waals surface area contributed by atoms with E-state index in [1.165, 1.54) is 13.2 Å². The second-order valence-corrected chi connectivity index (χ2v) is 5.59. The van der Waals surface area contributed by atoms with Gasteiger partial charge < -0.3 is 14.5 Å². The first-order chi connectivity index (χ1) is 12.1. The topological polar surface area (TPSA) is 90.3 Å². The molecule has 1 N–H and O–H groups in total. The van der Waals surface area contributed by atoms with E-state index in [1.54, 1.807) is 6.07 Å². The highest BCUT2D eigenvalue weighted by atomic mass is 16.6. The van der Waals surface area contributed by atoms with E-state index in [-0.39, 0.29) is 11.4 Å². The van der Waals surface area contributed by atoms with Crippen molar-refractivity contribution in [1.82, 2.24) is 9.97 Å². The Balaban J connectivity index is 2.08. The number of H-pyrrole nitrogens is 1. The van der Waals surface area contributed by atoms with Crippen LogP contribution in [0.2, 0.25) is 0 Å². The van der Waals surface area contributed by atoms with E-state index in [9.17, 15) is 10.1 Å². The third-order valence-corrected chi connectivity index (χ3v) is 3.86. The Morgan fingerprint density at radius 3 is 2.76 bits per heavy atom. The fraction of sp³-hybridized carbons (Fsp3) is 0.278. The molecule has 0 aliphatic heterocycles.